The average Bonchev–Trinajstić information content (AvgIpc) is 2.58. The fourth-order valence-electron chi connectivity index (χ4n) is 3.40. The van der Waals surface area contributed by atoms with Crippen LogP contribution in [0.15, 0.2) is 24.3 Å². The maximum Gasteiger partial charge on any atom is 0.322 e. The summed E-state index contributed by atoms with van der Waals surface area (Å²) in [6.45, 7) is 8.59. The molecule has 2 aliphatic heterocycles. The Morgan fingerprint density at radius 3 is 2.60 bits per heavy atom. The van der Waals surface area contributed by atoms with Crippen LogP contribution in [0, 0.1) is 0 Å². The molecule has 25 heavy (non-hydrogen) atoms. The largest absolute Gasteiger partial charge is 0.341 e. The van der Waals surface area contributed by atoms with E-state index >= 15 is 0 Å². The number of hydrogen-bond acceptors (Lipinski definition) is 3. The van der Waals surface area contributed by atoms with E-state index in [0.29, 0.717) is 26.2 Å². The highest BCUT2D eigenvalue weighted by Gasteiger charge is 2.32. The summed E-state index contributed by atoms with van der Waals surface area (Å²) in [5.74, 6) is 0.141. The lowest BCUT2D eigenvalue weighted by Crippen LogP contribution is -2.52. The summed E-state index contributed by atoms with van der Waals surface area (Å²) < 4.78 is 0. The van der Waals surface area contributed by atoms with Gasteiger partial charge in [0.15, 0.2) is 0 Å². The first kappa shape index (κ1) is 17.7. The lowest BCUT2D eigenvalue weighted by atomic mass is 10.0. The number of rotatable bonds is 3. The van der Waals surface area contributed by atoms with Crippen molar-refractivity contribution in [1.82, 2.24) is 15.1 Å². The number of likely N-dealkylation sites (tertiary alicyclic amines) is 1. The summed E-state index contributed by atoms with van der Waals surface area (Å²) in [5, 5.41) is 6.22. The predicted octanol–water partition coefficient (Wildman–Crippen LogP) is 2.41. The molecule has 1 saturated heterocycles. The van der Waals surface area contributed by atoms with Crippen LogP contribution >= 0.6 is 0 Å². The standard InChI is InChI=1S/C19H28N4O2/c1-19(2,3)20-12-17(24)22-10-8-15(9-11-22)23-13-14-6-4-5-7-16(14)21-18(23)25/h4-7,15,20H,8-13H2,1-3H3,(H,21,25). The van der Waals surface area contributed by atoms with Crippen LogP contribution in [0.4, 0.5) is 10.5 Å². The number of hydrogen-bond donors (Lipinski definition) is 2. The molecule has 1 aromatic carbocycles. The lowest BCUT2D eigenvalue weighted by Gasteiger charge is -2.40. The minimum Gasteiger partial charge on any atom is -0.341 e. The molecule has 0 aliphatic carbocycles. The van der Waals surface area contributed by atoms with Crippen LogP contribution in [-0.2, 0) is 11.3 Å². The van der Waals surface area contributed by atoms with Gasteiger partial charge in [-0.2, -0.15) is 0 Å². The summed E-state index contributed by atoms with van der Waals surface area (Å²) in [7, 11) is 0. The fourth-order valence-corrected chi connectivity index (χ4v) is 3.40. The van der Waals surface area contributed by atoms with Gasteiger partial charge in [-0.3, -0.25) is 4.79 Å². The average molecular weight is 344 g/mol. The summed E-state index contributed by atoms with van der Waals surface area (Å²) in [6, 6.07) is 8.08. The Labute approximate surface area is 149 Å². The van der Waals surface area contributed by atoms with E-state index in [4.69, 9.17) is 0 Å². The van der Waals surface area contributed by atoms with Crippen molar-refractivity contribution in [2.45, 2.75) is 51.7 Å². The third-order valence-electron chi connectivity index (χ3n) is 4.89. The van der Waals surface area contributed by atoms with Crippen LogP contribution in [0.5, 0.6) is 0 Å². The Balaban J connectivity index is 1.54. The van der Waals surface area contributed by atoms with Crippen molar-refractivity contribution in [3.63, 3.8) is 0 Å². The van der Waals surface area contributed by atoms with Gasteiger partial charge in [0.2, 0.25) is 5.91 Å². The van der Waals surface area contributed by atoms with Gasteiger partial charge in [-0.15, -0.1) is 0 Å². The Morgan fingerprint density at radius 1 is 1.24 bits per heavy atom. The van der Waals surface area contributed by atoms with Crippen LogP contribution < -0.4 is 10.6 Å². The van der Waals surface area contributed by atoms with Crippen LogP contribution in [-0.4, -0.2) is 53.0 Å². The molecule has 2 N–H and O–H groups in total. The number of benzene rings is 1. The zero-order valence-electron chi connectivity index (χ0n) is 15.3. The number of anilines is 1. The number of carbonyl (C=O) groups excluding carboxylic acids is 2. The molecule has 2 heterocycles. The molecule has 6 nitrogen and oxygen atoms in total. The van der Waals surface area contributed by atoms with Crippen molar-refractivity contribution < 1.29 is 9.59 Å². The van der Waals surface area contributed by atoms with Gasteiger partial charge in [-0.1, -0.05) is 18.2 Å². The molecule has 0 spiro atoms. The van der Waals surface area contributed by atoms with E-state index in [1.165, 1.54) is 0 Å². The number of amides is 3. The highest BCUT2D eigenvalue weighted by molar-refractivity contribution is 5.92. The van der Waals surface area contributed by atoms with E-state index in [9.17, 15) is 9.59 Å². The van der Waals surface area contributed by atoms with E-state index in [1.807, 2.05) is 28.0 Å². The van der Waals surface area contributed by atoms with Crippen molar-refractivity contribution in [3.8, 4) is 0 Å². The molecule has 6 heteroatoms. The summed E-state index contributed by atoms with van der Waals surface area (Å²) in [5.41, 5.74) is 1.99. The molecule has 0 aromatic heterocycles. The summed E-state index contributed by atoms with van der Waals surface area (Å²) in [6.07, 6.45) is 1.66. The molecule has 0 bridgehead atoms. The van der Waals surface area contributed by atoms with Gasteiger partial charge < -0.3 is 20.4 Å². The maximum absolute atomic E-state index is 12.4. The Morgan fingerprint density at radius 2 is 1.92 bits per heavy atom. The number of fused-ring (bicyclic) bond motifs is 1. The zero-order valence-corrected chi connectivity index (χ0v) is 15.3. The highest BCUT2D eigenvalue weighted by Crippen LogP contribution is 2.27. The molecular weight excluding hydrogens is 316 g/mol. The quantitative estimate of drug-likeness (QED) is 0.885. The second-order valence-corrected chi connectivity index (χ2v) is 7.93. The molecule has 0 radical (unpaired) electrons. The molecule has 136 valence electrons. The number of carbonyl (C=O) groups is 2. The Hall–Kier alpha value is -2.08. The van der Waals surface area contributed by atoms with Crippen LogP contribution in [0.1, 0.15) is 39.2 Å². The van der Waals surface area contributed by atoms with Gasteiger partial charge >= 0.3 is 6.03 Å². The van der Waals surface area contributed by atoms with Crippen LogP contribution in [0.2, 0.25) is 0 Å². The number of piperidine rings is 1. The fraction of sp³-hybridized carbons (Fsp3) is 0.579. The molecule has 0 saturated carbocycles. The van der Waals surface area contributed by atoms with E-state index in [2.05, 4.69) is 37.5 Å². The van der Waals surface area contributed by atoms with Crippen molar-refractivity contribution in [2.24, 2.45) is 0 Å². The number of urea groups is 1. The molecule has 1 fully saturated rings. The second-order valence-electron chi connectivity index (χ2n) is 7.93. The molecule has 1 aromatic rings. The van der Waals surface area contributed by atoms with Gasteiger partial charge in [0.05, 0.1) is 6.54 Å². The van der Waals surface area contributed by atoms with E-state index in [1.54, 1.807) is 0 Å². The van der Waals surface area contributed by atoms with E-state index < -0.39 is 0 Å². The molecule has 2 aliphatic rings. The highest BCUT2D eigenvalue weighted by atomic mass is 16.2. The van der Waals surface area contributed by atoms with Crippen molar-refractivity contribution >= 4 is 17.6 Å². The topological polar surface area (TPSA) is 64.7 Å². The first-order valence-electron chi connectivity index (χ1n) is 9.02. The van der Waals surface area contributed by atoms with Gasteiger partial charge in [-0.25, -0.2) is 4.79 Å². The molecule has 3 rings (SSSR count). The van der Waals surface area contributed by atoms with Crippen LogP contribution in [0.25, 0.3) is 0 Å². The third-order valence-corrected chi connectivity index (χ3v) is 4.89. The Bertz CT molecular complexity index is 645. The second kappa shape index (κ2) is 7.04. The molecule has 3 amide bonds. The van der Waals surface area contributed by atoms with Crippen molar-refractivity contribution in [3.05, 3.63) is 29.8 Å². The van der Waals surface area contributed by atoms with Crippen molar-refractivity contribution in [2.75, 3.05) is 25.0 Å². The van der Waals surface area contributed by atoms with E-state index in [0.717, 1.165) is 24.1 Å². The third kappa shape index (κ3) is 4.31. The van der Waals surface area contributed by atoms with Crippen molar-refractivity contribution in [1.29, 1.82) is 0 Å². The first-order chi connectivity index (χ1) is 11.8. The maximum atomic E-state index is 12.4. The van der Waals surface area contributed by atoms with Gasteiger partial charge in [0, 0.05) is 36.9 Å². The number of para-hydroxylation sites is 1. The van der Waals surface area contributed by atoms with Gasteiger partial charge in [-0.05, 0) is 45.2 Å². The normalized spacial score (nSPS) is 18.8. The number of nitrogens with one attached hydrogen (secondary N) is 2. The lowest BCUT2D eigenvalue weighted by molar-refractivity contribution is -0.132. The monoisotopic (exact) mass is 344 g/mol. The first-order valence-corrected chi connectivity index (χ1v) is 9.02. The number of nitrogens with zero attached hydrogens (tertiary/aromatic N) is 2. The Kier molecular flexibility index (Phi) is 4.99. The minimum absolute atomic E-state index is 0.0297. The summed E-state index contributed by atoms with van der Waals surface area (Å²) >= 11 is 0. The summed E-state index contributed by atoms with van der Waals surface area (Å²) in [4.78, 5) is 28.6. The zero-order chi connectivity index (χ0) is 18.0. The molecule has 0 atom stereocenters. The molecule has 0 unspecified atom stereocenters. The smallest absolute Gasteiger partial charge is 0.322 e. The van der Waals surface area contributed by atoms with E-state index in [-0.39, 0.29) is 23.5 Å². The van der Waals surface area contributed by atoms with Crippen LogP contribution in [0.3, 0.4) is 0 Å². The van der Waals surface area contributed by atoms with Gasteiger partial charge in [0.1, 0.15) is 0 Å². The molecular formula is C19H28N4O2. The van der Waals surface area contributed by atoms with Gasteiger partial charge in [0.25, 0.3) is 0 Å². The minimum atomic E-state index is -0.0622. The SMILES string of the molecule is CC(C)(C)NCC(=O)N1CCC(N2Cc3ccccc3NC2=O)CC1. The predicted molar refractivity (Wildman–Crippen MR) is 98.4 cm³/mol.